The Hall–Kier alpha value is -1.12. The van der Waals surface area contributed by atoms with Crippen LogP contribution in [0, 0.1) is 0 Å². The molecule has 0 aromatic carbocycles. The van der Waals surface area contributed by atoms with Gasteiger partial charge in [-0.3, -0.25) is 0 Å². The van der Waals surface area contributed by atoms with Gasteiger partial charge in [0, 0.05) is 0 Å². The molecule has 0 radical (unpaired) electrons. The molecule has 0 rings (SSSR count). The van der Waals surface area contributed by atoms with Crippen LogP contribution < -0.4 is 5.73 Å². The van der Waals surface area contributed by atoms with Crippen molar-refractivity contribution in [1.82, 2.24) is 0 Å². The second-order valence-electron chi connectivity index (χ2n) is 1.26. The van der Waals surface area contributed by atoms with Crippen molar-refractivity contribution in [1.29, 1.82) is 0 Å². The van der Waals surface area contributed by atoms with Gasteiger partial charge in [0.05, 0.1) is 0 Å². The zero-order chi connectivity index (χ0) is 7.28. The van der Waals surface area contributed by atoms with Gasteiger partial charge in [-0.25, -0.2) is 8.78 Å². The Kier molecular flexibility index (Phi) is 3.35. The van der Waals surface area contributed by atoms with Gasteiger partial charge in [-0.2, -0.15) is 0 Å². The highest BCUT2D eigenvalue weighted by Crippen LogP contribution is 2.08. The van der Waals surface area contributed by atoms with E-state index in [9.17, 15) is 8.78 Å². The molecular weight excluding hydrogens is 124 g/mol. The molecule has 0 aliphatic rings. The van der Waals surface area contributed by atoms with Gasteiger partial charge in [0.15, 0.2) is 11.7 Å². The van der Waals surface area contributed by atoms with Crippen molar-refractivity contribution in [2.75, 3.05) is 0 Å². The van der Waals surface area contributed by atoms with Crippen LogP contribution in [0.3, 0.4) is 0 Å². The highest BCUT2D eigenvalue weighted by Gasteiger charge is 1.94. The summed E-state index contributed by atoms with van der Waals surface area (Å²) in [6.07, 6.45) is 2.50. The van der Waals surface area contributed by atoms with Gasteiger partial charge < -0.3 is 5.73 Å². The van der Waals surface area contributed by atoms with Crippen molar-refractivity contribution in [3.8, 4) is 0 Å². The molecular formula is C6H7F2N. The van der Waals surface area contributed by atoms with E-state index in [1.54, 1.807) is 0 Å². The molecule has 0 atom stereocenters. The zero-order valence-corrected chi connectivity index (χ0v) is 4.77. The Labute approximate surface area is 52.2 Å². The van der Waals surface area contributed by atoms with E-state index in [0.717, 1.165) is 18.4 Å². The van der Waals surface area contributed by atoms with Gasteiger partial charge in [0.25, 0.3) is 0 Å². The normalized spacial score (nSPS) is 13.6. The third kappa shape index (κ3) is 2.64. The Balaban J connectivity index is 4.27. The zero-order valence-electron chi connectivity index (χ0n) is 4.77. The molecule has 0 spiro atoms. The van der Waals surface area contributed by atoms with Gasteiger partial charge in [-0.1, -0.05) is 6.58 Å². The second-order valence-corrected chi connectivity index (χ2v) is 1.26. The van der Waals surface area contributed by atoms with Gasteiger partial charge in [0.1, 0.15) is 0 Å². The summed E-state index contributed by atoms with van der Waals surface area (Å²) in [5.74, 6) is -2.01. The number of halogens is 2. The van der Waals surface area contributed by atoms with Crippen LogP contribution in [-0.2, 0) is 0 Å². The minimum atomic E-state index is -1.01. The molecule has 0 fully saturated rings. The Morgan fingerprint density at radius 3 is 2.22 bits per heavy atom. The maximum atomic E-state index is 12.1. The van der Waals surface area contributed by atoms with Crippen molar-refractivity contribution in [3.05, 3.63) is 36.6 Å². The SMILES string of the molecule is C=C/C(F)=C(F)\C=C\N. The molecule has 0 amide bonds. The van der Waals surface area contributed by atoms with E-state index >= 15 is 0 Å². The second kappa shape index (κ2) is 3.83. The van der Waals surface area contributed by atoms with E-state index in [2.05, 4.69) is 6.58 Å². The highest BCUT2D eigenvalue weighted by molar-refractivity contribution is 5.21. The predicted molar refractivity (Wildman–Crippen MR) is 32.8 cm³/mol. The quantitative estimate of drug-likeness (QED) is 0.568. The van der Waals surface area contributed by atoms with Crippen molar-refractivity contribution in [2.24, 2.45) is 5.73 Å². The maximum Gasteiger partial charge on any atom is 0.160 e. The van der Waals surface area contributed by atoms with Crippen molar-refractivity contribution in [3.63, 3.8) is 0 Å². The molecule has 0 heterocycles. The van der Waals surface area contributed by atoms with Crippen molar-refractivity contribution >= 4 is 0 Å². The monoisotopic (exact) mass is 131 g/mol. The first-order valence-corrected chi connectivity index (χ1v) is 2.28. The summed E-state index contributed by atoms with van der Waals surface area (Å²) in [5.41, 5.74) is 4.77. The summed E-state index contributed by atoms with van der Waals surface area (Å²) in [5, 5.41) is 0. The highest BCUT2D eigenvalue weighted by atomic mass is 19.2. The maximum absolute atomic E-state index is 12.1. The fourth-order valence-corrected chi connectivity index (χ4v) is 0.262. The molecule has 0 aromatic rings. The van der Waals surface area contributed by atoms with Crippen molar-refractivity contribution < 1.29 is 8.78 Å². The number of hydrogen-bond donors (Lipinski definition) is 1. The predicted octanol–water partition coefficient (Wildman–Crippen LogP) is 1.80. The number of hydrogen-bond acceptors (Lipinski definition) is 1. The number of nitrogens with two attached hydrogens (primary N) is 1. The smallest absolute Gasteiger partial charge is 0.160 e. The lowest BCUT2D eigenvalue weighted by Gasteiger charge is -1.84. The molecule has 9 heavy (non-hydrogen) atoms. The van der Waals surface area contributed by atoms with Crippen LogP contribution in [0.2, 0.25) is 0 Å². The minimum Gasteiger partial charge on any atom is -0.405 e. The molecule has 0 aliphatic carbocycles. The lowest BCUT2D eigenvalue weighted by atomic mass is 10.4. The van der Waals surface area contributed by atoms with Crippen LogP contribution in [0.25, 0.3) is 0 Å². The third-order valence-corrected chi connectivity index (χ3v) is 0.650. The third-order valence-electron chi connectivity index (χ3n) is 0.650. The lowest BCUT2D eigenvalue weighted by Crippen LogP contribution is -1.77. The van der Waals surface area contributed by atoms with E-state index in [-0.39, 0.29) is 0 Å². The molecule has 0 saturated heterocycles. The molecule has 0 unspecified atom stereocenters. The first-order valence-electron chi connectivity index (χ1n) is 2.28. The molecule has 0 saturated carbocycles. The first-order chi connectivity index (χ1) is 4.22. The van der Waals surface area contributed by atoms with Crippen molar-refractivity contribution in [2.45, 2.75) is 0 Å². The summed E-state index contributed by atoms with van der Waals surface area (Å²) in [6, 6.07) is 0. The standard InChI is InChI=1S/C6H7F2N/c1-2-5(7)6(8)3-4-9/h2-4H,1,9H2/b4-3+,6-5-. The van der Waals surface area contributed by atoms with Crippen LogP contribution in [-0.4, -0.2) is 0 Å². The van der Waals surface area contributed by atoms with E-state index < -0.39 is 11.7 Å². The Morgan fingerprint density at radius 1 is 1.33 bits per heavy atom. The summed E-state index contributed by atoms with van der Waals surface area (Å²) < 4.78 is 24.1. The summed E-state index contributed by atoms with van der Waals surface area (Å²) >= 11 is 0. The largest absolute Gasteiger partial charge is 0.405 e. The van der Waals surface area contributed by atoms with Crippen LogP contribution >= 0.6 is 0 Å². The summed E-state index contributed by atoms with van der Waals surface area (Å²) in [7, 11) is 0. The first kappa shape index (κ1) is 7.88. The van der Waals surface area contributed by atoms with Gasteiger partial charge >= 0.3 is 0 Å². The molecule has 0 aliphatic heterocycles. The minimum absolute atomic E-state index is 0.773. The fraction of sp³-hybridized carbons (Fsp3) is 0. The number of rotatable bonds is 2. The molecule has 50 valence electrons. The molecule has 0 aromatic heterocycles. The van der Waals surface area contributed by atoms with Crippen LogP contribution in [0.5, 0.6) is 0 Å². The fourth-order valence-electron chi connectivity index (χ4n) is 0.262. The Bertz CT molecular complexity index is 158. The van der Waals surface area contributed by atoms with E-state index in [0.29, 0.717) is 0 Å². The lowest BCUT2D eigenvalue weighted by molar-refractivity contribution is 0.573. The number of allylic oxidation sites excluding steroid dienone is 4. The molecule has 0 bridgehead atoms. The average Bonchev–Trinajstić information content (AvgIpc) is 1.87. The van der Waals surface area contributed by atoms with E-state index in [1.165, 1.54) is 0 Å². The topological polar surface area (TPSA) is 26.0 Å². The Morgan fingerprint density at radius 2 is 1.89 bits per heavy atom. The average molecular weight is 131 g/mol. The van der Waals surface area contributed by atoms with Crippen LogP contribution in [0.4, 0.5) is 8.78 Å². The summed E-state index contributed by atoms with van der Waals surface area (Å²) in [4.78, 5) is 0. The van der Waals surface area contributed by atoms with E-state index in [1.807, 2.05) is 0 Å². The van der Waals surface area contributed by atoms with Gasteiger partial charge in [0.2, 0.25) is 0 Å². The molecule has 1 nitrogen and oxygen atoms in total. The van der Waals surface area contributed by atoms with Gasteiger partial charge in [-0.05, 0) is 18.4 Å². The summed E-state index contributed by atoms with van der Waals surface area (Å²) in [6.45, 7) is 3.02. The molecule has 2 N–H and O–H groups in total. The van der Waals surface area contributed by atoms with Crippen LogP contribution in [0.15, 0.2) is 36.6 Å². The van der Waals surface area contributed by atoms with Crippen LogP contribution in [0.1, 0.15) is 0 Å². The molecule has 3 heteroatoms. The van der Waals surface area contributed by atoms with Gasteiger partial charge in [-0.15, -0.1) is 0 Å². The van der Waals surface area contributed by atoms with E-state index in [4.69, 9.17) is 5.73 Å².